The molecule has 118 valence electrons. The van der Waals surface area contributed by atoms with E-state index in [2.05, 4.69) is 90.5 Å². The average Bonchev–Trinajstić information content (AvgIpc) is 3.00. The lowest BCUT2D eigenvalue weighted by molar-refractivity contribution is 0.999. The number of nitrogens with zero attached hydrogens (tertiary/aromatic N) is 1. The first kappa shape index (κ1) is 15.2. The fourth-order valence-electron chi connectivity index (χ4n) is 3.42. The first-order chi connectivity index (χ1) is 11.7. The van der Waals surface area contributed by atoms with Crippen molar-refractivity contribution in [1.82, 2.24) is 4.57 Å². The van der Waals surface area contributed by atoms with E-state index in [-0.39, 0.29) is 0 Å². The summed E-state index contributed by atoms with van der Waals surface area (Å²) in [6, 6.07) is 31.7. The summed E-state index contributed by atoms with van der Waals surface area (Å²) in [5.74, 6) is 0. The molecule has 1 aromatic heterocycles. The number of hydrogen-bond donors (Lipinski definition) is 0. The third-order valence-electron chi connectivity index (χ3n) is 4.65. The molecule has 0 aliphatic carbocycles. The molecule has 4 rings (SSSR count). The first-order valence-electron chi connectivity index (χ1n) is 8.06. The summed E-state index contributed by atoms with van der Waals surface area (Å²) >= 11 is 7.51. The zero-order chi connectivity index (χ0) is 16.6. The molecule has 0 atom stereocenters. The highest BCUT2D eigenvalue weighted by molar-refractivity contribution is 7.40. The highest BCUT2D eigenvalue weighted by Gasteiger charge is 2.40. The molecule has 3 aromatic carbocycles. The molecule has 0 aliphatic heterocycles. The number of halogens is 1. The Labute approximate surface area is 147 Å². The van der Waals surface area contributed by atoms with Gasteiger partial charge in [0.2, 0.25) is 0 Å². The molecular formula is C21H18ClNSi. The molecule has 0 spiro atoms. The minimum atomic E-state index is -2.57. The van der Waals surface area contributed by atoms with Crippen molar-refractivity contribution in [2.75, 3.05) is 0 Å². The Morgan fingerprint density at radius 3 is 1.75 bits per heavy atom. The minimum Gasteiger partial charge on any atom is -0.349 e. The summed E-state index contributed by atoms with van der Waals surface area (Å²) in [6.07, 6.45) is 0. The number of para-hydroxylation sites is 1. The van der Waals surface area contributed by atoms with E-state index in [4.69, 9.17) is 11.1 Å². The van der Waals surface area contributed by atoms with Gasteiger partial charge in [0.15, 0.2) is 0 Å². The first-order valence-corrected chi connectivity index (χ1v) is 11.1. The second kappa shape index (κ2) is 5.97. The third-order valence-corrected chi connectivity index (χ3v) is 9.98. The molecule has 4 aromatic rings. The smallest absolute Gasteiger partial charge is 0.264 e. The van der Waals surface area contributed by atoms with Crippen LogP contribution in [0.4, 0.5) is 0 Å². The molecule has 0 amide bonds. The lowest BCUT2D eigenvalue weighted by atomic mass is 10.2. The standard InChI is InChI=1S/C21H18ClNSi/c1-23-20-15-9-8-10-17(20)16-21(23)24(22,18-11-4-2-5-12-18)19-13-6-3-7-14-19/h2-16H,1H3. The van der Waals surface area contributed by atoms with Gasteiger partial charge in [-0.3, -0.25) is 0 Å². The summed E-state index contributed by atoms with van der Waals surface area (Å²) in [6.45, 7) is 0. The molecule has 0 saturated heterocycles. The van der Waals surface area contributed by atoms with Crippen LogP contribution in [0.15, 0.2) is 91.0 Å². The number of benzene rings is 3. The van der Waals surface area contributed by atoms with Crippen LogP contribution < -0.4 is 15.7 Å². The predicted molar refractivity (Wildman–Crippen MR) is 106 cm³/mol. The Bertz CT molecular complexity index is 937. The molecule has 0 bridgehead atoms. The second-order valence-electron chi connectivity index (χ2n) is 6.04. The van der Waals surface area contributed by atoms with Crippen LogP contribution in [0.2, 0.25) is 0 Å². The maximum absolute atomic E-state index is 7.51. The summed E-state index contributed by atoms with van der Waals surface area (Å²) in [5.41, 5.74) is 1.22. The zero-order valence-electron chi connectivity index (χ0n) is 13.5. The van der Waals surface area contributed by atoms with Gasteiger partial charge in [0, 0.05) is 17.9 Å². The van der Waals surface area contributed by atoms with Crippen LogP contribution in [0.25, 0.3) is 10.9 Å². The van der Waals surface area contributed by atoms with E-state index in [1.54, 1.807) is 0 Å². The van der Waals surface area contributed by atoms with Crippen LogP contribution in [0.3, 0.4) is 0 Å². The van der Waals surface area contributed by atoms with Crippen LogP contribution in [-0.4, -0.2) is 12.0 Å². The van der Waals surface area contributed by atoms with Crippen LogP contribution >= 0.6 is 11.1 Å². The van der Waals surface area contributed by atoms with Gasteiger partial charge in [-0.25, -0.2) is 0 Å². The normalized spacial score (nSPS) is 11.8. The Hall–Kier alpha value is -2.29. The summed E-state index contributed by atoms with van der Waals surface area (Å²) in [7, 11) is -0.451. The topological polar surface area (TPSA) is 4.93 Å². The number of aryl methyl sites for hydroxylation is 1. The predicted octanol–water partition coefficient (Wildman–Crippen LogP) is 3.38. The maximum Gasteiger partial charge on any atom is 0.264 e. The minimum absolute atomic E-state index is 1.21. The van der Waals surface area contributed by atoms with E-state index < -0.39 is 7.38 Å². The second-order valence-corrected chi connectivity index (χ2v) is 10.7. The molecule has 24 heavy (non-hydrogen) atoms. The average molecular weight is 348 g/mol. The number of aromatic nitrogens is 1. The maximum atomic E-state index is 7.51. The highest BCUT2D eigenvalue weighted by Crippen LogP contribution is 2.18. The Balaban J connectivity index is 2.05. The van der Waals surface area contributed by atoms with Crippen LogP contribution in [0.1, 0.15) is 0 Å². The van der Waals surface area contributed by atoms with Crippen molar-refractivity contribution in [3.05, 3.63) is 91.0 Å². The largest absolute Gasteiger partial charge is 0.349 e. The van der Waals surface area contributed by atoms with Crippen LogP contribution in [0, 0.1) is 0 Å². The summed E-state index contributed by atoms with van der Waals surface area (Å²) in [4.78, 5) is 0. The SMILES string of the molecule is Cn1c([Si](Cl)(c2ccccc2)c2ccccc2)cc2ccccc21. The number of fused-ring (bicyclic) bond motifs is 1. The van der Waals surface area contributed by atoms with E-state index in [9.17, 15) is 0 Å². The molecule has 3 heteroatoms. The number of hydrogen-bond acceptors (Lipinski definition) is 0. The Kier molecular flexibility index (Phi) is 3.79. The van der Waals surface area contributed by atoms with Crippen LogP contribution in [0.5, 0.6) is 0 Å². The van der Waals surface area contributed by atoms with Gasteiger partial charge < -0.3 is 4.57 Å². The van der Waals surface area contributed by atoms with Crippen molar-refractivity contribution < 1.29 is 0 Å². The van der Waals surface area contributed by atoms with Gasteiger partial charge in [-0.05, 0) is 27.9 Å². The van der Waals surface area contributed by atoms with Gasteiger partial charge >= 0.3 is 0 Å². The molecule has 0 aliphatic rings. The van der Waals surface area contributed by atoms with Crippen molar-refractivity contribution in [2.24, 2.45) is 7.05 Å². The van der Waals surface area contributed by atoms with Gasteiger partial charge in [0.25, 0.3) is 7.38 Å². The van der Waals surface area contributed by atoms with E-state index >= 15 is 0 Å². The molecule has 0 N–H and O–H groups in total. The molecule has 1 nitrogen and oxygen atoms in total. The van der Waals surface area contributed by atoms with Crippen molar-refractivity contribution in [3.63, 3.8) is 0 Å². The van der Waals surface area contributed by atoms with Crippen molar-refractivity contribution in [3.8, 4) is 0 Å². The summed E-state index contributed by atoms with van der Waals surface area (Å²) in [5, 5.41) is 4.87. The summed E-state index contributed by atoms with van der Waals surface area (Å²) < 4.78 is 2.26. The van der Waals surface area contributed by atoms with E-state index in [1.165, 1.54) is 26.6 Å². The van der Waals surface area contributed by atoms with Gasteiger partial charge in [0.1, 0.15) is 0 Å². The fraction of sp³-hybridized carbons (Fsp3) is 0.0476. The number of rotatable bonds is 3. The lowest BCUT2D eigenvalue weighted by Crippen LogP contribution is -2.64. The Morgan fingerprint density at radius 2 is 1.21 bits per heavy atom. The Morgan fingerprint density at radius 1 is 0.708 bits per heavy atom. The monoisotopic (exact) mass is 347 g/mol. The highest BCUT2D eigenvalue weighted by atomic mass is 35.6. The molecular weight excluding hydrogens is 330 g/mol. The molecule has 0 saturated carbocycles. The fourth-order valence-corrected chi connectivity index (χ4v) is 7.88. The van der Waals surface area contributed by atoms with E-state index in [1.807, 2.05) is 12.1 Å². The van der Waals surface area contributed by atoms with Gasteiger partial charge in [-0.15, -0.1) is 11.1 Å². The molecule has 0 radical (unpaired) electrons. The zero-order valence-corrected chi connectivity index (χ0v) is 15.2. The van der Waals surface area contributed by atoms with E-state index in [0.717, 1.165) is 0 Å². The quantitative estimate of drug-likeness (QED) is 0.395. The van der Waals surface area contributed by atoms with Crippen molar-refractivity contribution in [1.29, 1.82) is 0 Å². The molecule has 1 heterocycles. The van der Waals surface area contributed by atoms with Gasteiger partial charge in [-0.2, -0.15) is 0 Å². The van der Waals surface area contributed by atoms with E-state index in [0.29, 0.717) is 0 Å². The third kappa shape index (κ3) is 2.30. The lowest BCUT2D eigenvalue weighted by Gasteiger charge is -2.26. The van der Waals surface area contributed by atoms with Gasteiger partial charge in [-0.1, -0.05) is 78.9 Å². The van der Waals surface area contributed by atoms with Crippen molar-refractivity contribution >= 4 is 45.1 Å². The van der Waals surface area contributed by atoms with Gasteiger partial charge in [0.05, 0.1) is 0 Å². The van der Waals surface area contributed by atoms with Crippen LogP contribution in [-0.2, 0) is 7.05 Å². The van der Waals surface area contributed by atoms with Crippen molar-refractivity contribution in [2.45, 2.75) is 0 Å². The molecule has 0 unspecified atom stereocenters. The molecule has 0 fully saturated rings.